The maximum atomic E-state index is 13.3. The molecule has 1 aromatic rings. The molecule has 0 aliphatic carbocycles. The van der Waals surface area contributed by atoms with Crippen LogP contribution in [0.4, 0.5) is 22.0 Å². The molecule has 0 aliphatic heterocycles. The molecule has 0 bridgehead atoms. The van der Waals surface area contributed by atoms with E-state index in [1.54, 1.807) is 0 Å². The average molecular weight is 344 g/mol. The van der Waals surface area contributed by atoms with Gasteiger partial charge in [-0.1, -0.05) is 0 Å². The lowest BCUT2D eigenvalue weighted by Gasteiger charge is -2.22. The number of rotatable bonds is 8. The minimum atomic E-state index is -2.25. The summed E-state index contributed by atoms with van der Waals surface area (Å²) in [6.07, 6.45) is 0.925. The van der Waals surface area contributed by atoms with E-state index in [9.17, 15) is 22.0 Å². The zero-order chi connectivity index (χ0) is 16.9. The molecular formula is C13H17F5O3Si. The second kappa shape index (κ2) is 7.89. The normalized spacial score (nSPS) is 11.8. The fourth-order valence-electron chi connectivity index (χ4n) is 1.72. The third kappa shape index (κ3) is 4.17. The molecule has 0 aliphatic rings. The number of halogens is 5. The number of hydrogen-bond donors (Lipinski definition) is 0. The van der Waals surface area contributed by atoms with Crippen molar-refractivity contribution < 1.29 is 35.5 Å². The minimum Gasteiger partial charge on any atom is -0.487 e. The van der Waals surface area contributed by atoms with E-state index in [1.165, 1.54) is 14.2 Å². The Morgan fingerprint density at radius 2 is 1.23 bits per heavy atom. The third-order valence-corrected chi connectivity index (χ3v) is 6.29. The summed E-state index contributed by atoms with van der Waals surface area (Å²) in [6.45, 7) is 1.66. The lowest BCUT2D eigenvalue weighted by molar-refractivity contribution is 0.240. The molecule has 1 rings (SSSR count). The molecule has 126 valence electrons. The van der Waals surface area contributed by atoms with Crippen LogP contribution in [-0.4, -0.2) is 29.4 Å². The maximum absolute atomic E-state index is 13.3. The Hall–Kier alpha value is -1.19. The van der Waals surface area contributed by atoms with Gasteiger partial charge in [-0.2, -0.15) is 8.78 Å². The molecule has 3 nitrogen and oxygen atoms in total. The molecule has 0 radical (unpaired) electrons. The highest BCUT2D eigenvalue weighted by molar-refractivity contribution is 6.65. The van der Waals surface area contributed by atoms with E-state index in [0.29, 0.717) is 18.9 Å². The van der Waals surface area contributed by atoms with E-state index < -0.39 is 43.4 Å². The van der Waals surface area contributed by atoms with Crippen molar-refractivity contribution in [3.8, 4) is 5.75 Å². The number of benzene rings is 1. The van der Waals surface area contributed by atoms with Crippen molar-refractivity contribution in [2.45, 2.75) is 25.4 Å². The molecule has 0 heterocycles. The molecule has 1 aromatic carbocycles. The van der Waals surface area contributed by atoms with Crippen LogP contribution in [0.1, 0.15) is 12.8 Å². The highest BCUT2D eigenvalue weighted by Crippen LogP contribution is 2.29. The number of ether oxygens (including phenoxy) is 1. The molecule has 9 heteroatoms. The van der Waals surface area contributed by atoms with E-state index in [0.717, 1.165) is 0 Å². The summed E-state index contributed by atoms with van der Waals surface area (Å²) in [6, 6.07) is 0.612. The predicted molar refractivity (Wildman–Crippen MR) is 71.4 cm³/mol. The van der Waals surface area contributed by atoms with Gasteiger partial charge in [0, 0.05) is 14.2 Å². The van der Waals surface area contributed by atoms with Gasteiger partial charge in [-0.05, 0) is 25.4 Å². The highest BCUT2D eigenvalue weighted by Gasteiger charge is 2.28. The summed E-state index contributed by atoms with van der Waals surface area (Å²) >= 11 is 0. The minimum absolute atomic E-state index is 0.184. The molecular weight excluding hydrogens is 327 g/mol. The average Bonchev–Trinajstić information content (AvgIpc) is 2.53. The third-order valence-electron chi connectivity index (χ3n) is 3.30. The van der Waals surface area contributed by atoms with Gasteiger partial charge in [0.2, 0.25) is 29.1 Å². The first-order chi connectivity index (χ1) is 10.3. The van der Waals surface area contributed by atoms with Crippen molar-refractivity contribution >= 4 is 8.56 Å². The van der Waals surface area contributed by atoms with E-state index in [1.807, 2.05) is 6.55 Å². The van der Waals surface area contributed by atoms with E-state index in [2.05, 4.69) is 0 Å². The molecule has 0 unspecified atom stereocenters. The first-order valence-electron chi connectivity index (χ1n) is 6.52. The Morgan fingerprint density at radius 1 is 0.773 bits per heavy atom. The van der Waals surface area contributed by atoms with Crippen LogP contribution in [0, 0.1) is 29.1 Å². The van der Waals surface area contributed by atoms with Crippen LogP contribution in [0.25, 0.3) is 0 Å². The standard InChI is InChI=1S/C13H17F5O3Si/c1-19-22(3,20-2)7-5-4-6-21-13-11(17)9(15)8(14)10(16)12(13)18/h4-7H2,1-3H3. The molecule has 22 heavy (non-hydrogen) atoms. The summed E-state index contributed by atoms with van der Waals surface area (Å²) in [5, 5.41) is 0. The largest absolute Gasteiger partial charge is 0.487 e. The van der Waals surface area contributed by atoms with Gasteiger partial charge in [-0.25, -0.2) is 13.2 Å². The van der Waals surface area contributed by atoms with Gasteiger partial charge in [-0.15, -0.1) is 0 Å². The SMILES string of the molecule is CO[Si](C)(CCCCOc1c(F)c(F)c(F)c(F)c1F)OC. The highest BCUT2D eigenvalue weighted by atomic mass is 28.4. The van der Waals surface area contributed by atoms with Crippen LogP contribution in [0.3, 0.4) is 0 Å². The van der Waals surface area contributed by atoms with Crippen LogP contribution in [0.2, 0.25) is 12.6 Å². The van der Waals surface area contributed by atoms with Gasteiger partial charge in [0.25, 0.3) is 0 Å². The Morgan fingerprint density at radius 3 is 1.68 bits per heavy atom. The van der Waals surface area contributed by atoms with Gasteiger partial charge < -0.3 is 13.6 Å². The first-order valence-corrected chi connectivity index (χ1v) is 9.04. The maximum Gasteiger partial charge on any atom is 0.334 e. The van der Waals surface area contributed by atoms with Gasteiger partial charge >= 0.3 is 8.56 Å². The molecule has 0 amide bonds. The second-order valence-corrected chi connectivity index (χ2v) is 8.33. The lowest BCUT2D eigenvalue weighted by atomic mass is 10.2. The number of hydrogen-bond acceptors (Lipinski definition) is 3. The smallest absolute Gasteiger partial charge is 0.334 e. The lowest BCUT2D eigenvalue weighted by Crippen LogP contribution is -2.35. The Labute approximate surface area is 126 Å². The predicted octanol–water partition coefficient (Wildman–Crippen LogP) is 3.91. The molecule has 0 spiro atoms. The first kappa shape index (κ1) is 18.9. The summed E-state index contributed by atoms with van der Waals surface area (Å²) in [5.74, 6) is -11.4. The van der Waals surface area contributed by atoms with Crippen LogP contribution in [0.15, 0.2) is 0 Å². The summed E-state index contributed by atoms with van der Waals surface area (Å²) in [5.41, 5.74) is 0. The monoisotopic (exact) mass is 344 g/mol. The fourth-order valence-corrected chi connectivity index (χ4v) is 3.19. The topological polar surface area (TPSA) is 27.7 Å². The zero-order valence-corrected chi connectivity index (χ0v) is 13.4. The van der Waals surface area contributed by atoms with Gasteiger partial charge in [0.1, 0.15) is 0 Å². The van der Waals surface area contributed by atoms with Crippen LogP contribution in [0.5, 0.6) is 5.75 Å². The van der Waals surface area contributed by atoms with Gasteiger partial charge in [-0.3, -0.25) is 0 Å². The molecule has 0 aromatic heterocycles. The van der Waals surface area contributed by atoms with Crippen molar-refractivity contribution in [1.29, 1.82) is 0 Å². The zero-order valence-electron chi connectivity index (χ0n) is 12.4. The van der Waals surface area contributed by atoms with Gasteiger partial charge in [0.05, 0.1) is 6.61 Å². The molecule has 0 atom stereocenters. The number of unbranched alkanes of at least 4 members (excludes halogenated alkanes) is 1. The van der Waals surface area contributed by atoms with Crippen LogP contribution >= 0.6 is 0 Å². The summed E-state index contributed by atoms with van der Waals surface area (Å²) in [7, 11) is 0.811. The molecule has 0 fully saturated rings. The molecule has 0 N–H and O–H groups in total. The second-order valence-electron chi connectivity index (χ2n) is 4.75. The van der Waals surface area contributed by atoms with Gasteiger partial charge in [0.15, 0.2) is 5.75 Å². The summed E-state index contributed by atoms with van der Waals surface area (Å²) in [4.78, 5) is 0. The van der Waals surface area contributed by atoms with E-state index in [4.69, 9.17) is 13.6 Å². The van der Waals surface area contributed by atoms with E-state index >= 15 is 0 Å². The molecule has 0 saturated carbocycles. The van der Waals surface area contributed by atoms with Crippen molar-refractivity contribution in [2.75, 3.05) is 20.8 Å². The molecule has 0 saturated heterocycles. The Bertz CT molecular complexity index is 494. The summed E-state index contributed by atoms with van der Waals surface area (Å²) < 4.78 is 80.6. The van der Waals surface area contributed by atoms with E-state index in [-0.39, 0.29) is 6.61 Å². The fraction of sp³-hybridized carbons (Fsp3) is 0.538. The van der Waals surface area contributed by atoms with Crippen molar-refractivity contribution in [3.05, 3.63) is 29.1 Å². The van der Waals surface area contributed by atoms with Crippen molar-refractivity contribution in [1.82, 2.24) is 0 Å². The Balaban J connectivity index is 2.60. The van der Waals surface area contributed by atoms with Crippen molar-refractivity contribution in [2.24, 2.45) is 0 Å². The van der Waals surface area contributed by atoms with Crippen LogP contribution < -0.4 is 4.74 Å². The quantitative estimate of drug-likeness (QED) is 0.235. The Kier molecular flexibility index (Phi) is 6.76. The van der Waals surface area contributed by atoms with Crippen molar-refractivity contribution in [3.63, 3.8) is 0 Å². The van der Waals surface area contributed by atoms with Crippen LogP contribution in [-0.2, 0) is 8.85 Å².